The van der Waals surface area contributed by atoms with Gasteiger partial charge in [-0.1, -0.05) is 6.07 Å². The maximum absolute atomic E-state index is 12.0. The highest BCUT2D eigenvalue weighted by Gasteiger charge is 2.10. The van der Waals surface area contributed by atoms with Crippen LogP contribution in [-0.4, -0.2) is 13.1 Å². The molecular weight excluding hydrogens is 402 g/mol. The number of anilines is 3. The lowest BCUT2D eigenvalue weighted by Crippen LogP contribution is -2.20. The van der Waals surface area contributed by atoms with Gasteiger partial charge in [-0.2, -0.15) is 0 Å². The number of nitrogen functional groups attached to an aromatic ring is 1. The number of carbonyl (C=O) groups excluding carboxylic acids is 1. The molecule has 2 rings (SSSR count). The number of nitrogens with one attached hydrogen (secondary N) is 2. The van der Waals surface area contributed by atoms with E-state index in [1.165, 1.54) is 0 Å². The molecule has 0 aliphatic carbocycles. The SMILES string of the molecule is COc1cccc(NC(=O)Nc2c(Br)cc(N)cc2Br)c1. The molecule has 5 nitrogen and oxygen atoms in total. The molecule has 0 radical (unpaired) electrons. The largest absolute Gasteiger partial charge is 0.497 e. The molecule has 0 aromatic heterocycles. The number of hydrogen-bond acceptors (Lipinski definition) is 3. The molecule has 0 unspecified atom stereocenters. The Labute approximate surface area is 139 Å². The van der Waals surface area contributed by atoms with E-state index in [0.29, 0.717) is 31.8 Å². The van der Waals surface area contributed by atoms with Gasteiger partial charge in [0.25, 0.3) is 0 Å². The van der Waals surface area contributed by atoms with Gasteiger partial charge < -0.3 is 21.1 Å². The molecule has 2 amide bonds. The van der Waals surface area contributed by atoms with E-state index in [1.807, 2.05) is 0 Å². The van der Waals surface area contributed by atoms with Gasteiger partial charge >= 0.3 is 6.03 Å². The minimum atomic E-state index is -0.366. The van der Waals surface area contributed by atoms with E-state index in [2.05, 4.69) is 42.5 Å². The van der Waals surface area contributed by atoms with Crippen molar-refractivity contribution in [1.82, 2.24) is 0 Å². The Balaban J connectivity index is 2.12. The van der Waals surface area contributed by atoms with Gasteiger partial charge in [-0.3, -0.25) is 0 Å². The predicted octanol–water partition coefficient (Wildman–Crippen LogP) is 4.45. The first-order valence-electron chi connectivity index (χ1n) is 5.96. The van der Waals surface area contributed by atoms with Crippen LogP contribution in [0.5, 0.6) is 5.75 Å². The fourth-order valence-corrected chi connectivity index (χ4v) is 3.11. The zero-order chi connectivity index (χ0) is 15.4. The van der Waals surface area contributed by atoms with Gasteiger partial charge in [-0.05, 0) is 56.1 Å². The number of carbonyl (C=O) groups is 1. The molecule has 0 aliphatic rings. The summed E-state index contributed by atoms with van der Waals surface area (Å²) in [6, 6.07) is 10.2. The molecule has 0 saturated carbocycles. The summed E-state index contributed by atoms with van der Waals surface area (Å²) in [6.45, 7) is 0. The molecule has 21 heavy (non-hydrogen) atoms. The zero-order valence-corrected chi connectivity index (χ0v) is 14.3. The van der Waals surface area contributed by atoms with E-state index >= 15 is 0 Å². The van der Waals surface area contributed by atoms with Crippen LogP contribution in [0.1, 0.15) is 0 Å². The van der Waals surface area contributed by atoms with Crippen LogP contribution < -0.4 is 21.1 Å². The van der Waals surface area contributed by atoms with Gasteiger partial charge in [0.05, 0.1) is 12.8 Å². The summed E-state index contributed by atoms with van der Waals surface area (Å²) >= 11 is 6.72. The zero-order valence-electron chi connectivity index (χ0n) is 11.1. The number of urea groups is 1. The molecule has 0 atom stereocenters. The number of amides is 2. The van der Waals surface area contributed by atoms with Gasteiger partial charge in [0, 0.05) is 26.4 Å². The van der Waals surface area contributed by atoms with Crippen molar-refractivity contribution in [3.8, 4) is 5.75 Å². The third kappa shape index (κ3) is 4.12. The molecule has 0 heterocycles. The molecule has 0 fully saturated rings. The normalized spacial score (nSPS) is 10.0. The predicted molar refractivity (Wildman–Crippen MR) is 91.9 cm³/mol. The number of benzene rings is 2. The average Bonchev–Trinajstić information content (AvgIpc) is 2.43. The highest BCUT2D eigenvalue weighted by atomic mass is 79.9. The average molecular weight is 415 g/mol. The van der Waals surface area contributed by atoms with Crippen molar-refractivity contribution >= 4 is 55.0 Å². The fourth-order valence-electron chi connectivity index (χ4n) is 1.69. The molecule has 110 valence electrons. The summed E-state index contributed by atoms with van der Waals surface area (Å²) in [4.78, 5) is 12.0. The first-order chi connectivity index (χ1) is 9.99. The summed E-state index contributed by atoms with van der Waals surface area (Å²) in [5.41, 5.74) is 7.54. The van der Waals surface area contributed by atoms with Crippen molar-refractivity contribution < 1.29 is 9.53 Å². The van der Waals surface area contributed by atoms with Crippen LogP contribution in [0.3, 0.4) is 0 Å². The lowest BCUT2D eigenvalue weighted by Gasteiger charge is -2.12. The molecule has 2 aromatic carbocycles. The maximum Gasteiger partial charge on any atom is 0.323 e. The standard InChI is InChI=1S/C14H13Br2N3O2/c1-21-10-4-2-3-9(7-10)18-14(20)19-13-11(15)5-8(17)6-12(13)16/h2-7H,17H2,1H3,(H2,18,19,20). The second-order valence-electron chi connectivity index (χ2n) is 4.17. The van der Waals surface area contributed by atoms with Crippen molar-refractivity contribution in [1.29, 1.82) is 0 Å². The van der Waals surface area contributed by atoms with Crippen LogP contribution in [-0.2, 0) is 0 Å². The fraction of sp³-hybridized carbons (Fsp3) is 0.0714. The number of ether oxygens (including phenoxy) is 1. The lowest BCUT2D eigenvalue weighted by atomic mass is 10.3. The Hall–Kier alpha value is -1.73. The van der Waals surface area contributed by atoms with Crippen LogP contribution in [0.2, 0.25) is 0 Å². The van der Waals surface area contributed by atoms with Crippen molar-refractivity contribution in [3.63, 3.8) is 0 Å². The monoisotopic (exact) mass is 413 g/mol. The van der Waals surface area contributed by atoms with Crippen molar-refractivity contribution in [2.24, 2.45) is 0 Å². The summed E-state index contributed by atoms with van der Waals surface area (Å²) in [5.74, 6) is 0.669. The highest BCUT2D eigenvalue weighted by molar-refractivity contribution is 9.11. The second-order valence-corrected chi connectivity index (χ2v) is 5.88. The van der Waals surface area contributed by atoms with E-state index in [9.17, 15) is 4.79 Å². The summed E-state index contributed by atoms with van der Waals surface area (Å²) < 4.78 is 6.49. The molecular formula is C14H13Br2N3O2. The molecule has 0 aliphatic heterocycles. The topological polar surface area (TPSA) is 76.4 Å². The smallest absolute Gasteiger partial charge is 0.323 e. The van der Waals surface area contributed by atoms with E-state index in [1.54, 1.807) is 43.5 Å². The first kappa shape index (κ1) is 15.7. The third-order valence-electron chi connectivity index (χ3n) is 2.63. The van der Waals surface area contributed by atoms with E-state index in [4.69, 9.17) is 10.5 Å². The quantitative estimate of drug-likeness (QED) is 0.649. The Morgan fingerprint density at radius 3 is 2.43 bits per heavy atom. The molecule has 7 heteroatoms. The van der Waals surface area contributed by atoms with Gasteiger partial charge in [-0.15, -0.1) is 0 Å². The first-order valence-corrected chi connectivity index (χ1v) is 7.55. The lowest BCUT2D eigenvalue weighted by molar-refractivity contribution is 0.262. The van der Waals surface area contributed by atoms with E-state index in [0.717, 1.165) is 0 Å². The van der Waals surface area contributed by atoms with Crippen LogP contribution in [0.4, 0.5) is 21.9 Å². The Bertz CT molecular complexity index is 654. The van der Waals surface area contributed by atoms with Crippen molar-refractivity contribution in [2.45, 2.75) is 0 Å². The van der Waals surface area contributed by atoms with Gasteiger partial charge in [0.1, 0.15) is 5.75 Å². The minimum Gasteiger partial charge on any atom is -0.497 e. The molecule has 2 aromatic rings. The number of rotatable bonds is 3. The number of nitrogens with two attached hydrogens (primary N) is 1. The van der Waals surface area contributed by atoms with Crippen molar-refractivity contribution in [3.05, 3.63) is 45.3 Å². The van der Waals surface area contributed by atoms with Gasteiger partial charge in [-0.25, -0.2) is 4.79 Å². The number of hydrogen-bond donors (Lipinski definition) is 3. The Morgan fingerprint density at radius 1 is 1.14 bits per heavy atom. The molecule has 0 bridgehead atoms. The molecule has 0 saturated heterocycles. The summed E-state index contributed by atoms with van der Waals surface area (Å²) in [5, 5.41) is 5.48. The number of methoxy groups -OCH3 is 1. The number of halogens is 2. The maximum atomic E-state index is 12.0. The van der Waals surface area contributed by atoms with Crippen LogP contribution in [0, 0.1) is 0 Å². The highest BCUT2D eigenvalue weighted by Crippen LogP contribution is 2.33. The Morgan fingerprint density at radius 2 is 1.81 bits per heavy atom. The van der Waals surface area contributed by atoms with E-state index < -0.39 is 0 Å². The molecule has 4 N–H and O–H groups in total. The summed E-state index contributed by atoms with van der Waals surface area (Å²) in [7, 11) is 1.57. The van der Waals surface area contributed by atoms with Gasteiger partial charge in [0.2, 0.25) is 0 Å². The second kappa shape index (κ2) is 6.82. The van der Waals surface area contributed by atoms with Crippen molar-refractivity contribution in [2.75, 3.05) is 23.5 Å². The van der Waals surface area contributed by atoms with Gasteiger partial charge in [0.15, 0.2) is 0 Å². The molecule has 0 spiro atoms. The summed E-state index contributed by atoms with van der Waals surface area (Å²) in [6.07, 6.45) is 0. The third-order valence-corrected chi connectivity index (χ3v) is 3.88. The minimum absolute atomic E-state index is 0.366. The van der Waals surface area contributed by atoms with Crippen LogP contribution in [0.15, 0.2) is 45.3 Å². The van der Waals surface area contributed by atoms with E-state index in [-0.39, 0.29) is 6.03 Å². The van der Waals surface area contributed by atoms with Crippen LogP contribution in [0.25, 0.3) is 0 Å². The Kier molecular flexibility index (Phi) is 5.08. The van der Waals surface area contributed by atoms with Crippen LogP contribution >= 0.6 is 31.9 Å².